The van der Waals surface area contributed by atoms with Crippen LogP contribution in [-0.2, 0) is 17.8 Å². The molecule has 2 aromatic rings. The largest absolute Gasteiger partial charge is 0.444 e. The molecule has 0 saturated heterocycles. The maximum Gasteiger partial charge on any atom is 0.410 e. The molecule has 0 saturated carbocycles. The normalized spacial score (nSPS) is 11.2. The van der Waals surface area contributed by atoms with Crippen LogP contribution in [0.15, 0.2) is 40.2 Å². The van der Waals surface area contributed by atoms with Gasteiger partial charge >= 0.3 is 6.09 Å². The smallest absolute Gasteiger partial charge is 0.410 e. The van der Waals surface area contributed by atoms with Gasteiger partial charge in [-0.15, -0.1) is 11.3 Å². The van der Waals surface area contributed by atoms with Crippen molar-refractivity contribution in [1.29, 1.82) is 0 Å². The van der Waals surface area contributed by atoms with E-state index < -0.39 is 5.60 Å². The number of amides is 1. The maximum absolute atomic E-state index is 12.1. The molecule has 1 heterocycles. The van der Waals surface area contributed by atoms with Gasteiger partial charge < -0.3 is 15.0 Å². The summed E-state index contributed by atoms with van der Waals surface area (Å²) in [4.78, 5) is 14.9. The third kappa shape index (κ3) is 5.83. The Hall–Kier alpha value is -1.53. The molecule has 0 radical (unpaired) electrons. The van der Waals surface area contributed by atoms with Crippen LogP contribution in [0.25, 0.3) is 0 Å². The Labute approximate surface area is 156 Å². The molecule has 0 atom stereocenters. The Morgan fingerprint density at radius 2 is 2.08 bits per heavy atom. The van der Waals surface area contributed by atoms with Crippen molar-refractivity contribution in [2.75, 3.05) is 12.4 Å². The van der Waals surface area contributed by atoms with Gasteiger partial charge in [0.05, 0.1) is 6.54 Å². The van der Waals surface area contributed by atoms with E-state index in [9.17, 15) is 4.79 Å². The first-order chi connectivity index (χ1) is 11.2. The fourth-order valence-electron chi connectivity index (χ4n) is 2.09. The predicted molar refractivity (Wildman–Crippen MR) is 103 cm³/mol. The van der Waals surface area contributed by atoms with Gasteiger partial charge in [0.15, 0.2) is 0 Å². The Bertz CT molecular complexity index is 694. The number of hydrogen-bond donors (Lipinski definition) is 1. The highest BCUT2D eigenvalue weighted by Crippen LogP contribution is 2.24. The second-order valence-electron chi connectivity index (χ2n) is 6.58. The molecule has 0 fully saturated rings. The zero-order valence-corrected chi connectivity index (χ0v) is 16.8. The van der Waals surface area contributed by atoms with Gasteiger partial charge in [0.2, 0.25) is 0 Å². The monoisotopic (exact) mass is 410 g/mol. The van der Waals surface area contributed by atoms with Gasteiger partial charge in [-0.1, -0.05) is 12.1 Å². The Morgan fingerprint density at radius 1 is 1.33 bits per heavy atom. The molecule has 0 aliphatic rings. The van der Waals surface area contributed by atoms with Crippen LogP contribution in [-0.4, -0.2) is 23.6 Å². The van der Waals surface area contributed by atoms with Crippen molar-refractivity contribution in [1.82, 2.24) is 4.90 Å². The van der Waals surface area contributed by atoms with Crippen LogP contribution in [0, 0.1) is 0 Å². The number of benzene rings is 1. The molecule has 1 aromatic heterocycles. The summed E-state index contributed by atoms with van der Waals surface area (Å²) in [5.74, 6) is 0. The van der Waals surface area contributed by atoms with Crippen LogP contribution in [0.5, 0.6) is 0 Å². The predicted octanol–water partition coefficient (Wildman–Crippen LogP) is 5.49. The molecule has 0 spiro atoms. The van der Waals surface area contributed by atoms with Crippen LogP contribution < -0.4 is 5.32 Å². The number of thiophene rings is 1. The van der Waals surface area contributed by atoms with E-state index in [4.69, 9.17) is 4.74 Å². The number of rotatable bonds is 5. The van der Waals surface area contributed by atoms with Crippen LogP contribution in [0.3, 0.4) is 0 Å². The maximum atomic E-state index is 12.1. The van der Waals surface area contributed by atoms with Crippen LogP contribution in [0.4, 0.5) is 10.5 Å². The van der Waals surface area contributed by atoms with Gasteiger partial charge in [0.25, 0.3) is 0 Å². The Balaban J connectivity index is 1.94. The van der Waals surface area contributed by atoms with Crippen molar-refractivity contribution >= 4 is 39.0 Å². The average molecular weight is 411 g/mol. The van der Waals surface area contributed by atoms with Gasteiger partial charge in [-0.25, -0.2) is 4.79 Å². The lowest BCUT2D eigenvalue weighted by atomic mass is 10.2. The van der Waals surface area contributed by atoms with Gasteiger partial charge in [-0.05, 0) is 65.8 Å². The van der Waals surface area contributed by atoms with Gasteiger partial charge in [0, 0.05) is 28.6 Å². The van der Waals surface area contributed by atoms with E-state index >= 15 is 0 Å². The summed E-state index contributed by atoms with van der Waals surface area (Å²) in [5, 5.41) is 5.48. The lowest BCUT2D eigenvalue weighted by molar-refractivity contribution is 0.0285. The van der Waals surface area contributed by atoms with Crippen LogP contribution >= 0.6 is 27.3 Å². The summed E-state index contributed by atoms with van der Waals surface area (Å²) in [5.41, 5.74) is 1.60. The number of hydrogen-bond acceptors (Lipinski definition) is 4. The molecule has 6 heteroatoms. The minimum absolute atomic E-state index is 0.316. The van der Waals surface area contributed by atoms with Gasteiger partial charge in [-0.3, -0.25) is 0 Å². The summed E-state index contributed by atoms with van der Waals surface area (Å²) in [6.45, 7) is 6.88. The number of nitrogens with one attached hydrogen (secondary N) is 1. The molecule has 0 aliphatic carbocycles. The van der Waals surface area contributed by atoms with Crippen molar-refractivity contribution in [2.45, 2.75) is 39.5 Å². The number of halogens is 1. The first-order valence-electron chi connectivity index (χ1n) is 7.73. The lowest BCUT2D eigenvalue weighted by Gasteiger charge is -2.24. The van der Waals surface area contributed by atoms with E-state index in [-0.39, 0.29) is 6.09 Å². The standard InChI is InChI=1S/C18H23BrN2O2S/c1-18(2,3)23-17(22)21(4)12-13-6-5-7-14(10-13)20-11-16-15(19)8-9-24-16/h5-10,20H,11-12H2,1-4H3. The van der Waals surface area contributed by atoms with E-state index in [1.165, 1.54) is 4.88 Å². The average Bonchev–Trinajstić information content (AvgIpc) is 2.89. The molecule has 0 aliphatic heterocycles. The first kappa shape index (κ1) is 18.8. The van der Waals surface area contributed by atoms with Gasteiger partial charge in [0.1, 0.15) is 5.60 Å². The Kier molecular flexibility index (Phi) is 6.29. The van der Waals surface area contributed by atoms with Crippen molar-refractivity contribution in [3.05, 3.63) is 50.6 Å². The van der Waals surface area contributed by atoms with E-state index in [0.29, 0.717) is 6.54 Å². The highest BCUT2D eigenvalue weighted by Gasteiger charge is 2.19. The fraction of sp³-hybridized carbons (Fsp3) is 0.389. The number of carbonyl (C=O) groups excluding carboxylic acids is 1. The molecule has 1 amide bonds. The zero-order valence-electron chi connectivity index (χ0n) is 14.4. The van der Waals surface area contributed by atoms with Crippen molar-refractivity contribution in [3.63, 3.8) is 0 Å². The zero-order chi connectivity index (χ0) is 17.7. The fourth-order valence-corrected chi connectivity index (χ4v) is 3.52. The van der Waals surface area contributed by atoms with E-state index in [1.54, 1.807) is 23.3 Å². The number of nitrogens with zero attached hydrogens (tertiary/aromatic N) is 1. The minimum atomic E-state index is -0.483. The summed E-state index contributed by atoms with van der Waals surface area (Å²) in [7, 11) is 1.75. The van der Waals surface area contributed by atoms with E-state index in [1.807, 2.05) is 45.0 Å². The molecule has 1 N–H and O–H groups in total. The molecule has 24 heavy (non-hydrogen) atoms. The lowest BCUT2D eigenvalue weighted by Crippen LogP contribution is -2.33. The highest BCUT2D eigenvalue weighted by molar-refractivity contribution is 9.10. The summed E-state index contributed by atoms with van der Waals surface area (Å²) in [6.07, 6.45) is -0.316. The summed E-state index contributed by atoms with van der Waals surface area (Å²) < 4.78 is 6.50. The Morgan fingerprint density at radius 3 is 2.71 bits per heavy atom. The third-order valence-corrected chi connectivity index (χ3v) is 5.12. The molecule has 0 unspecified atom stereocenters. The molecule has 2 rings (SSSR count). The van der Waals surface area contributed by atoms with E-state index in [2.05, 4.69) is 32.7 Å². The molecule has 0 bridgehead atoms. The minimum Gasteiger partial charge on any atom is -0.444 e. The molecular formula is C18H23BrN2O2S. The number of ether oxygens (including phenoxy) is 1. The molecule has 1 aromatic carbocycles. The summed E-state index contributed by atoms with van der Waals surface area (Å²) in [6, 6.07) is 10.1. The van der Waals surface area contributed by atoms with Gasteiger partial charge in [-0.2, -0.15) is 0 Å². The van der Waals surface area contributed by atoms with Crippen molar-refractivity contribution in [2.24, 2.45) is 0 Å². The SMILES string of the molecule is CN(Cc1cccc(NCc2sccc2Br)c1)C(=O)OC(C)(C)C. The number of carbonyl (C=O) groups is 1. The molecular weight excluding hydrogens is 388 g/mol. The second-order valence-corrected chi connectivity index (χ2v) is 8.44. The molecule has 130 valence electrons. The summed E-state index contributed by atoms with van der Waals surface area (Å²) >= 11 is 5.25. The van der Waals surface area contributed by atoms with Crippen LogP contribution in [0.2, 0.25) is 0 Å². The quantitative estimate of drug-likeness (QED) is 0.708. The number of anilines is 1. The van der Waals surface area contributed by atoms with E-state index in [0.717, 1.165) is 22.3 Å². The highest BCUT2D eigenvalue weighted by atomic mass is 79.9. The van der Waals surface area contributed by atoms with Crippen LogP contribution in [0.1, 0.15) is 31.2 Å². The molecule has 4 nitrogen and oxygen atoms in total. The van der Waals surface area contributed by atoms with Crippen molar-refractivity contribution in [3.8, 4) is 0 Å². The topological polar surface area (TPSA) is 41.6 Å². The third-order valence-electron chi connectivity index (χ3n) is 3.20. The first-order valence-corrected chi connectivity index (χ1v) is 9.40. The second kappa shape index (κ2) is 8.03. The van der Waals surface area contributed by atoms with Crippen molar-refractivity contribution < 1.29 is 9.53 Å².